The molecule has 4 unspecified atom stereocenters. The van der Waals surface area contributed by atoms with Gasteiger partial charge in [-0.2, -0.15) is 0 Å². The summed E-state index contributed by atoms with van der Waals surface area (Å²) in [6.45, 7) is 6.28. The van der Waals surface area contributed by atoms with Gasteiger partial charge in [-0.1, -0.05) is 38.0 Å². The molecule has 2 aromatic rings. The van der Waals surface area contributed by atoms with Gasteiger partial charge in [0.25, 0.3) is 0 Å². The molecule has 0 aromatic carbocycles. The van der Waals surface area contributed by atoms with Crippen LogP contribution in [0.3, 0.4) is 0 Å². The smallest absolute Gasteiger partial charge is 0.225 e. The first-order valence-corrected chi connectivity index (χ1v) is 11.0. The summed E-state index contributed by atoms with van der Waals surface area (Å²) in [6.07, 6.45) is 9.55. The number of nitrogens with one attached hydrogen (secondary N) is 1. The highest BCUT2D eigenvalue weighted by molar-refractivity contribution is 7.17. The maximum Gasteiger partial charge on any atom is 0.225 e. The minimum atomic E-state index is 0.0436. The van der Waals surface area contributed by atoms with Gasteiger partial charge in [0, 0.05) is 31.5 Å². The van der Waals surface area contributed by atoms with E-state index in [-0.39, 0.29) is 11.8 Å². The Morgan fingerprint density at radius 2 is 1.89 bits per heavy atom. The van der Waals surface area contributed by atoms with E-state index in [1.807, 2.05) is 29.1 Å². The van der Waals surface area contributed by atoms with Crippen LogP contribution in [0.4, 0.5) is 5.13 Å². The van der Waals surface area contributed by atoms with Gasteiger partial charge in [0.2, 0.25) is 16.2 Å². The Labute approximate surface area is 165 Å². The minimum Gasteiger partial charge on any atom is -0.353 e. The number of piperidine rings is 1. The van der Waals surface area contributed by atoms with Crippen LogP contribution in [0.5, 0.6) is 0 Å². The Hall–Kier alpha value is -1.89. The van der Waals surface area contributed by atoms with Crippen molar-refractivity contribution in [1.82, 2.24) is 20.1 Å². The van der Waals surface area contributed by atoms with Gasteiger partial charge in [-0.05, 0) is 43.2 Å². The first kappa shape index (κ1) is 18.5. The van der Waals surface area contributed by atoms with Crippen molar-refractivity contribution in [2.45, 2.75) is 52.0 Å². The molecule has 7 heteroatoms. The predicted octanol–water partition coefficient (Wildman–Crippen LogP) is 3.49. The van der Waals surface area contributed by atoms with Crippen molar-refractivity contribution in [2.24, 2.45) is 17.8 Å². The van der Waals surface area contributed by atoms with E-state index in [9.17, 15) is 4.79 Å². The van der Waals surface area contributed by atoms with E-state index in [0.29, 0.717) is 17.9 Å². The van der Waals surface area contributed by atoms with Gasteiger partial charge in [0.15, 0.2) is 0 Å². The van der Waals surface area contributed by atoms with E-state index in [0.717, 1.165) is 42.6 Å². The van der Waals surface area contributed by atoms with Crippen molar-refractivity contribution in [2.75, 3.05) is 18.0 Å². The quantitative estimate of drug-likeness (QED) is 0.872. The molecule has 2 aliphatic rings. The zero-order valence-electron chi connectivity index (χ0n) is 16.2. The third-order valence-corrected chi connectivity index (χ3v) is 7.32. The summed E-state index contributed by atoms with van der Waals surface area (Å²) < 4.78 is 1.97. The van der Waals surface area contributed by atoms with Gasteiger partial charge in [-0.25, -0.2) is 0 Å². The molecule has 0 spiro atoms. The van der Waals surface area contributed by atoms with Crippen LogP contribution >= 0.6 is 11.3 Å². The van der Waals surface area contributed by atoms with Gasteiger partial charge in [-0.3, -0.25) is 9.36 Å². The average molecular weight is 388 g/mol. The fourth-order valence-electron chi connectivity index (χ4n) is 4.35. The SMILES string of the molecule is CC1CCCC(NC(=O)C2CCCN(c3nnc(-n4cccc4)s3)C2)C1C. The summed E-state index contributed by atoms with van der Waals surface area (Å²) in [5.74, 6) is 1.53. The minimum absolute atomic E-state index is 0.0436. The van der Waals surface area contributed by atoms with E-state index >= 15 is 0 Å². The molecule has 0 radical (unpaired) electrons. The molecule has 4 rings (SSSR count). The molecule has 27 heavy (non-hydrogen) atoms. The fraction of sp³-hybridized carbons (Fsp3) is 0.650. The van der Waals surface area contributed by atoms with Gasteiger partial charge in [0.1, 0.15) is 0 Å². The Balaban J connectivity index is 1.38. The fourth-order valence-corrected chi connectivity index (χ4v) is 5.20. The second-order valence-electron chi connectivity index (χ2n) is 8.13. The number of carbonyl (C=O) groups excluding carboxylic acids is 1. The Morgan fingerprint density at radius 1 is 1.11 bits per heavy atom. The molecule has 6 nitrogen and oxygen atoms in total. The van der Waals surface area contributed by atoms with E-state index in [2.05, 4.69) is 34.3 Å². The monoisotopic (exact) mass is 387 g/mol. The number of aromatic nitrogens is 3. The number of nitrogens with zero attached hydrogens (tertiary/aromatic N) is 4. The van der Waals surface area contributed by atoms with Gasteiger partial charge < -0.3 is 10.2 Å². The number of anilines is 1. The van der Waals surface area contributed by atoms with Gasteiger partial charge in [-0.15, -0.1) is 10.2 Å². The van der Waals surface area contributed by atoms with Crippen LogP contribution in [0.1, 0.15) is 46.0 Å². The Bertz CT molecular complexity index is 758. The van der Waals surface area contributed by atoms with E-state index in [1.165, 1.54) is 12.8 Å². The van der Waals surface area contributed by atoms with E-state index in [1.54, 1.807) is 11.3 Å². The molecule has 3 heterocycles. The summed E-state index contributed by atoms with van der Waals surface area (Å²) in [5, 5.41) is 13.8. The van der Waals surface area contributed by atoms with Crippen LogP contribution in [0.25, 0.3) is 5.13 Å². The Morgan fingerprint density at radius 3 is 2.70 bits per heavy atom. The van der Waals surface area contributed by atoms with Crippen LogP contribution in [0.15, 0.2) is 24.5 Å². The summed E-state index contributed by atoms with van der Waals surface area (Å²) in [5.41, 5.74) is 0. The lowest BCUT2D eigenvalue weighted by Gasteiger charge is -2.37. The van der Waals surface area contributed by atoms with Crippen molar-refractivity contribution >= 4 is 22.4 Å². The molecule has 1 saturated carbocycles. The predicted molar refractivity (Wildman–Crippen MR) is 108 cm³/mol. The molecule has 1 saturated heterocycles. The highest BCUT2D eigenvalue weighted by Crippen LogP contribution is 2.31. The average Bonchev–Trinajstić information content (AvgIpc) is 3.37. The maximum atomic E-state index is 12.9. The normalized spacial score (nSPS) is 28.9. The van der Waals surface area contributed by atoms with Crippen molar-refractivity contribution in [3.8, 4) is 5.13 Å². The molecule has 2 aromatic heterocycles. The molecule has 4 atom stereocenters. The van der Waals surface area contributed by atoms with Crippen LogP contribution in [0.2, 0.25) is 0 Å². The Kier molecular flexibility index (Phi) is 5.48. The van der Waals surface area contributed by atoms with Crippen LogP contribution < -0.4 is 10.2 Å². The topological polar surface area (TPSA) is 63.1 Å². The third-order valence-electron chi connectivity index (χ3n) is 6.33. The molecule has 2 fully saturated rings. The summed E-state index contributed by atoms with van der Waals surface area (Å²) in [4.78, 5) is 15.1. The van der Waals surface area contributed by atoms with Crippen molar-refractivity contribution in [1.29, 1.82) is 0 Å². The lowest BCUT2D eigenvalue weighted by Crippen LogP contribution is -2.49. The molecule has 1 N–H and O–H groups in total. The van der Waals surface area contributed by atoms with Gasteiger partial charge in [0.05, 0.1) is 5.92 Å². The van der Waals surface area contributed by atoms with Gasteiger partial charge >= 0.3 is 0 Å². The van der Waals surface area contributed by atoms with Crippen LogP contribution in [0, 0.1) is 17.8 Å². The summed E-state index contributed by atoms with van der Waals surface area (Å²) >= 11 is 1.58. The molecule has 1 aliphatic heterocycles. The van der Waals surface area contributed by atoms with Crippen molar-refractivity contribution in [3.63, 3.8) is 0 Å². The maximum absolute atomic E-state index is 12.9. The second-order valence-corrected chi connectivity index (χ2v) is 9.06. The molecule has 146 valence electrons. The summed E-state index contributed by atoms with van der Waals surface area (Å²) in [7, 11) is 0. The molecule has 1 aliphatic carbocycles. The highest BCUT2D eigenvalue weighted by atomic mass is 32.1. The zero-order valence-corrected chi connectivity index (χ0v) is 17.0. The zero-order chi connectivity index (χ0) is 18.8. The van der Waals surface area contributed by atoms with E-state index in [4.69, 9.17) is 0 Å². The highest BCUT2D eigenvalue weighted by Gasteiger charge is 2.32. The largest absolute Gasteiger partial charge is 0.353 e. The number of amides is 1. The molecular weight excluding hydrogens is 358 g/mol. The first-order valence-electron chi connectivity index (χ1n) is 10.1. The lowest BCUT2D eigenvalue weighted by molar-refractivity contribution is -0.126. The number of hydrogen-bond acceptors (Lipinski definition) is 5. The third kappa shape index (κ3) is 4.03. The lowest BCUT2D eigenvalue weighted by atomic mass is 9.78. The summed E-state index contributed by atoms with van der Waals surface area (Å²) in [6, 6.07) is 4.30. The van der Waals surface area contributed by atoms with Crippen molar-refractivity contribution < 1.29 is 4.79 Å². The first-order chi connectivity index (χ1) is 13.1. The van der Waals surface area contributed by atoms with Crippen LogP contribution in [-0.4, -0.2) is 39.8 Å². The van der Waals surface area contributed by atoms with E-state index < -0.39 is 0 Å². The molecule has 1 amide bonds. The molecule has 0 bridgehead atoms. The second kappa shape index (κ2) is 8.00. The number of rotatable bonds is 4. The number of hydrogen-bond donors (Lipinski definition) is 1. The molecular formula is C20H29N5OS. The van der Waals surface area contributed by atoms with Crippen molar-refractivity contribution in [3.05, 3.63) is 24.5 Å². The standard InChI is InChI=1S/C20H29N5OS/c1-14-7-5-9-17(15(14)2)21-18(26)16-8-6-12-25(13-16)20-23-22-19(27-20)24-10-3-4-11-24/h3-4,10-11,14-17H,5-9,12-13H2,1-2H3,(H,21,26). The van der Waals surface area contributed by atoms with Crippen LogP contribution in [-0.2, 0) is 4.79 Å². The number of carbonyl (C=O) groups is 1.